The molecule has 4 heteroatoms. The number of methoxy groups -OCH3 is 1. The van der Waals surface area contributed by atoms with E-state index in [0.717, 1.165) is 49.5 Å². The molecular formula is C19H28N2O2. The number of hydrogen-bond acceptors (Lipinski definition) is 3. The van der Waals surface area contributed by atoms with Gasteiger partial charge in [-0.05, 0) is 37.0 Å². The van der Waals surface area contributed by atoms with Crippen LogP contribution in [0.25, 0.3) is 0 Å². The van der Waals surface area contributed by atoms with E-state index in [1.165, 1.54) is 25.7 Å². The van der Waals surface area contributed by atoms with Crippen LogP contribution >= 0.6 is 0 Å². The second-order valence-corrected chi connectivity index (χ2v) is 6.99. The van der Waals surface area contributed by atoms with Crippen molar-refractivity contribution in [1.82, 2.24) is 9.80 Å². The first kappa shape index (κ1) is 16.3. The number of amides is 1. The number of ether oxygens (including phenoxy) is 1. The molecule has 2 atom stereocenters. The van der Waals surface area contributed by atoms with Crippen LogP contribution in [0.5, 0.6) is 5.75 Å². The molecule has 0 spiro atoms. The zero-order valence-electron chi connectivity index (χ0n) is 14.3. The Morgan fingerprint density at radius 1 is 1.17 bits per heavy atom. The zero-order valence-corrected chi connectivity index (χ0v) is 14.3. The van der Waals surface area contributed by atoms with Gasteiger partial charge in [-0.1, -0.05) is 25.8 Å². The average molecular weight is 316 g/mol. The molecular weight excluding hydrogens is 288 g/mol. The Bertz CT molecular complexity index is 538. The van der Waals surface area contributed by atoms with E-state index in [2.05, 4.69) is 11.8 Å². The Kier molecular flexibility index (Phi) is 5.21. The second-order valence-electron chi connectivity index (χ2n) is 6.99. The van der Waals surface area contributed by atoms with E-state index in [1.54, 1.807) is 7.11 Å². The van der Waals surface area contributed by atoms with Crippen LogP contribution in [-0.4, -0.2) is 55.0 Å². The van der Waals surface area contributed by atoms with E-state index in [1.807, 2.05) is 29.2 Å². The van der Waals surface area contributed by atoms with Crippen molar-refractivity contribution in [3.05, 3.63) is 29.8 Å². The highest BCUT2D eigenvalue weighted by atomic mass is 16.5. The number of piperazine rings is 1. The largest absolute Gasteiger partial charge is 0.497 e. The molecule has 23 heavy (non-hydrogen) atoms. The van der Waals surface area contributed by atoms with Gasteiger partial charge < -0.3 is 9.64 Å². The van der Waals surface area contributed by atoms with Crippen molar-refractivity contribution in [1.29, 1.82) is 0 Å². The molecule has 1 aromatic carbocycles. The van der Waals surface area contributed by atoms with Gasteiger partial charge in [-0.25, -0.2) is 0 Å². The number of hydrogen-bond donors (Lipinski definition) is 0. The predicted octanol–water partition coefficient (Wildman–Crippen LogP) is 3.03. The van der Waals surface area contributed by atoms with E-state index >= 15 is 0 Å². The minimum atomic E-state index is 0.126. The van der Waals surface area contributed by atoms with Crippen LogP contribution < -0.4 is 4.74 Å². The Hall–Kier alpha value is -1.55. The molecule has 0 unspecified atom stereocenters. The molecule has 0 aromatic heterocycles. The van der Waals surface area contributed by atoms with Gasteiger partial charge in [0, 0.05) is 37.8 Å². The van der Waals surface area contributed by atoms with Gasteiger partial charge in [-0.3, -0.25) is 9.69 Å². The van der Waals surface area contributed by atoms with Gasteiger partial charge in [0.25, 0.3) is 5.91 Å². The van der Waals surface area contributed by atoms with Crippen molar-refractivity contribution >= 4 is 5.91 Å². The van der Waals surface area contributed by atoms with Crippen LogP contribution in [-0.2, 0) is 0 Å². The summed E-state index contributed by atoms with van der Waals surface area (Å²) in [5.74, 6) is 1.72. The van der Waals surface area contributed by atoms with E-state index in [-0.39, 0.29) is 5.91 Å². The van der Waals surface area contributed by atoms with Crippen molar-refractivity contribution in [2.24, 2.45) is 5.92 Å². The first-order chi connectivity index (χ1) is 11.2. The summed E-state index contributed by atoms with van der Waals surface area (Å²) in [6.45, 7) is 6.05. The maximum absolute atomic E-state index is 12.7. The Balaban J connectivity index is 1.56. The molecule has 1 saturated carbocycles. The smallest absolute Gasteiger partial charge is 0.254 e. The third-order valence-electron chi connectivity index (χ3n) is 5.34. The summed E-state index contributed by atoms with van der Waals surface area (Å²) < 4.78 is 5.22. The highest BCUT2D eigenvalue weighted by molar-refractivity contribution is 5.94. The lowest BCUT2D eigenvalue weighted by Crippen LogP contribution is -2.52. The first-order valence-corrected chi connectivity index (χ1v) is 8.84. The zero-order chi connectivity index (χ0) is 16.2. The lowest BCUT2D eigenvalue weighted by Gasteiger charge is -2.42. The quantitative estimate of drug-likeness (QED) is 0.859. The fourth-order valence-electron chi connectivity index (χ4n) is 3.96. The molecule has 1 aliphatic carbocycles. The van der Waals surface area contributed by atoms with E-state index in [4.69, 9.17) is 4.74 Å². The summed E-state index contributed by atoms with van der Waals surface area (Å²) in [5, 5.41) is 0. The first-order valence-electron chi connectivity index (χ1n) is 8.84. The monoisotopic (exact) mass is 316 g/mol. The Morgan fingerprint density at radius 3 is 2.65 bits per heavy atom. The standard InChI is InChI=1S/C19H28N2O2/c1-15-5-3-7-17(13-15)20-9-11-21(12-10-20)19(22)16-6-4-8-18(14-16)23-2/h4,6,8,14-15,17H,3,5,7,9-13H2,1-2H3/t15-,17+/m1/s1. The molecule has 1 aliphatic heterocycles. The van der Waals surface area contributed by atoms with Crippen LogP contribution in [0.15, 0.2) is 24.3 Å². The van der Waals surface area contributed by atoms with E-state index < -0.39 is 0 Å². The lowest BCUT2D eigenvalue weighted by atomic mass is 9.86. The van der Waals surface area contributed by atoms with Crippen molar-refractivity contribution in [2.75, 3.05) is 33.3 Å². The van der Waals surface area contributed by atoms with Crippen molar-refractivity contribution in [3.8, 4) is 5.75 Å². The molecule has 126 valence electrons. The van der Waals surface area contributed by atoms with Crippen molar-refractivity contribution in [3.63, 3.8) is 0 Å². The molecule has 3 rings (SSSR count). The molecule has 4 nitrogen and oxygen atoms in total. The molecule has 0 radical (unpaired) electrons. The SMILES string of the molecule is COc1cccc(C(=O)N2CCN([C@H]3CCC[C@@H](C)C3)CC2)c1. The number of benzene rings is 1. The second kappa shape index (κ2) is 7.35. The van der Waals surface area contributed by atoms with Gasteiger partial charge >= 0.3 is 0 Å². The maximum atomic E-state index is 12.7. The Labute approximate surface area is 139 Å². The third kappa shape index (κ3) is 3.86. The van der Waals surface area contributed by atoms with Crippen molar-refractivity contribution in [2.45, 2.75) is 38.6 Å². The average Bonchev–Trinajstić information content (AvgIpc) is 2.61. The van der Waals surface area contributed by atoms with Gasteiger partial charge in [-0.2, -0.15) is 0 Å². The molecule has 2 aliphatic rings. The minimum absolute atomic E-state index is 0.126. The normalized spacial score (nSPS) is 26.1. The van der Waals surface area contributed by atoms with Crippen molar-refractivity contribution < 1.29 is 9.53 Å². The summed E-state index contributed by atoms with van der Waals surface area (Å²) >= 11 is 0. The molecule has 1 saturated heterocycles. The van der Waals surface area contributed by atoms with E-state index in [9.17, 15) is 4.79 Å². The predicted molar refractivity (Wildman–Crippen MR) is 91.9 cm³/mol. The fraction of sp³-hybridized carbons (Fsp3) is 0.632. The van der Waals surface area contributed by atoms with Gasteiger partial charge in [0.05, 0.1) is 7.11 Å². The maximum Gasteiger partial charge on any atom is 0.254 e. The van der Waals surface area contributed by atoms with E-state index in [0.29, 0.717) is 0 Å². The molecule has 1 aromatic rings. The number of carbonyl (C=O) groups excluding carboxylic acids is 1. The Morgan fingerprint density at radius 2 is 1.96 bits per heavy atom. The van der Waals surface area contributed by atoms with Gasteiger partial charge in [0.15, 0.2) is 0 Å². The summed E-state index contributed by atoms with van der Waals surface area (Å²) in [4.78, 5) is 17.2. The number of carbonyl (C=O) groups is 1. The third-order valence-corrected chi connectivity index (χ3v) is 5.34. The van der Waals surface area contributed by atoms with Crippen LogP contribution in [0.3, 0.4) is 0 Å². The van der Waals surface area contributed by atoms with Gasteiger partial charge in [0.1, 0.15) is 5.75 Å². The van der Waals surface area contributed by atoms with Gasteiger partial charge in [-0.15, -0.1) is 0 Å². The number of rotatable bonds is 3. The topological polar surface area (TPSA) is 32.8 Å². The summed E-state index contributed by atoms with van der Waals surface area (Å²) in [6.07, 6.45) is 5.39. The summed E-state index contributed by atoms with van der Waals surface area (Å²) in [6, 6.07) is 8.19. The minimum Gasteiger partial charge on any atom is -0.497 e. The van der Waals surface area contributed by atoms with Crippen LogP contribution in [0.1, 0.15) is 43.0 Å². The molecule has 1 heterocycles. The molecule has 0 bridgehead atoms. The lowest BCUT2D eigenvalue weighted by molar-refractivity contribution is 0.0489. The van der Waals surface area contributed by atoms with Gasteiger partial charge in [0.2, 0.25) is 0 Å². The highest BCUT2D eigenvalue weighted by Crippen LogP contribution is 2.28. The molecule has 0 N–H and O–H groups in total. The highest BCUT2D eigenvalue weighted by Gasteiger charge is 2.29. The fourth-order valence-corrected chi connectivity index (χ4v) is 3.96. The summed E-state index contributed by atoms with van der Waals surface area (Å²) in [5.41, 5.74) is 0.726. The summed E-state index contributed by atoms with van der Waals surface area (Å²) in [7, 11) is 1.63. The van der Waals surface area contributed by atoms with Crippen LogP contribution in [0.4, 0.5) is 0 Å². The number of nitrogens with zero attached hydrogens (tertiary/aromatic N) is 2. The van der Waals surface area contributed by atoms with Crippen LogP contribution in [0.2, 0.25) is 0 Å². The van der Waals surface area contributed by atoms with Crippen LogP contribution in [0, 0.1) is 5.92 Å². The molecule has 1 amide bonds. The molecule has 2 fully saturated rings.